The SMILES string of the molecule is CCc1[nH]n2c(=O)cc(Cc3c(C)[nH]c4c(F)cccc34)nc2c1CC. The number of aromatic amines is 2. The highest BCUT2D eigenvalue weighted by Crippen LogP contribution is 2.26. The van der Waals surface area contributed by atoms with Gasteiger partial charge in [0.15, 0.2) is 5.65 Å². The second kappa shape index (κ2) is 6.12. The molecule has 0 spiro atoms. The van der Waals surface area contributed by atoms with Crippen molar-refractivity contribution in [1.82, 2.24) is 19.6 Å². The molecule has 0 unspecified atom stereocenters. The van der Waals surface area contributed by atoms with Gasteiger partial charge in [0.25, 0.3) is 5.56 Å². The summed E-state index contributed by atoms with van der Waals surface area (Å²) >= 11 is 0. The summed E-state index contributed by atoms with van der Waals surface area (Å²) in [4.78, 5) is 20.4. The smallest absolute Gasteiger partial charge is 0.272 e. The van der Waals surface area contributed by atoms with E-state index in [-0.39, 0.29) is 11.4 Å². The lowest BCUT2D eigenvalue weighted by Gasteiger charge is -2.03. The van der Waals surface area contributed by atoms with Crippen LogP contribution in [0.5, 0.6) is 0 Å². The summed E-state index contributed by atoms with van der Waals surface area (Å²) in [5.41, 5.74) is 5.75. The summed E-state index contributed by atoms with van der Waals surface area (Å²) in [5, 5.41) is 3.99. The van der Waals surface area contributed by atoms with Crippen molar-refractivity contribution in [3.05, 3.63) is 68.6 Å². The minimum Gasteiger partial charge on any atom is -0.356 e. The zero-order valence-electron chi connectivity index (χ0n) is 15.1. The van der Waals surface area contributed by atoms with Crippen molar-refractivity contribution < 1.29 is 4.39 Å². The summed E-state index contributed by atoms with van der Waals surface area (Å²) < 4.78 is 15.5. The first-order valence-electron chi connectivity index (χ1n) is 8.91. The Balaban J connectivity index is 1.87. The molecule has 134 valence electrons. The van der Waals surface area contributed by atoms with Gasteiger partial charge in [-0.3, -0.25) is 9.89 Å². The third-order valence-corrected chi connectivity index (χ3v) is 5.02. The number of aromatic nitrogens is 4. The first-order chi connectivity index (χ1) is 12.5. The van der Waals surface area contributed by atoms with Crippen LogP contribution in [-0.2, 0) is 19.3 Å². The van der Waals surface area contributed by atoms with Gasteiger partial charge in [0, 0.05) is 34.8 Å². The van der Waals surface area contributed by atoms with Crippen LogP contribution in [0.3, 0.4) is 0 Å². The fourth-order valence-corrected chi connectivity index (χ4v) is 3.71. The fourth-order valence-electron chi connectivity index (χ4n) is 3.71. The summed E-state index contributed by atoms with van der Waals surface area (Å²) in [6.45, 7) is 6.04. The molecule has 0 saturated carbocycles. The normalized spacial score (nSPS) is 11.7. The van der Waals surface area contributed by atoms with E-state index in [9.17, 15) is 9.18 Å². The zero-order chi connectivity index (χ0) is 18.4. The van der Waals surface area contributed by atoms with Gasteiger partial charge < -0.3 is 4.98 Å². The molecule has 0 bridgehead atoms. The van der Waals surface area contributed by atoms with Crippen LogP contribution in [-0.4, -0.2) is 19.6 Å². The molecule has 1 aromatic carbocycles. The highest BCUT2D eigenvalue weighted by Gasteiger charge is 2.16. The minimum absolute atomic E-state index is 0.122. The average molecular weight is 352 g/mol. The number of aryl methyl sites for hydroxylation is 3. The number of rotatable bonds is 4. The Morgan fingerprint density at radius 3 is 2.73 bits per heavy atom. The van der Waals surface area contributed by atoms with Gasteiger partial charge in [-0.05, 0) is 31.4 Å². The molecule has 2 N–H and O–H groups in total. The van der Waals surface area contributed by atoms with Gasteiger partial charge in [0.05, 0.1) is 11.2 Å². The maximum absolute atomic E-state index is 14.0. The van der Waals surface area contributed by atoms with Crippen molar-refractivity contribution in [2.45, 2.75) is 40.0 Å². The van der Waals surface area contributed by atoms with Gasteiger partial charge in [-0.2, -0.15) is 0 Å². The number of H-pyrrole nitrogens is 2. The highest BCUT2D eigenvalue weighted by atomic mass is 19.1. The molecular formula is C20H21FN4O. The van der Waals surface area contributed by atoms with Crippen molar-refractivity contribution in [3.63, 3.8) is 0 Å². The number of nitrogens with one attached hydrogen (secondary N) is 2. The van der Waals surface area contributed by atoms with Crippen LogP contribution < -0.4 is 5.56 Å². The second-order valence-corrected chi connectivity index (χ2v) is 6.59. The number of fused-ring (bicyclic) bond motifs is 2. The summed E-state index contributed by atoms with van der Waals surface area (Å²) in [5.74, 6) is -0.271. The molecule has 4 rings (SSSR count). The first kappa shape index (κ1) is 16.6. The monoisotopic (exact) mass is 352 g/mol. The van der Waals surface area contributed by atoms with Crippen LogP contribution in [0.1, 0.15) is 42.1 Å². The Hall–Kier alpha value is -2.89. The summed E-state index contributed by atoms with van der Waals surface area (Å²) in [7, 11) is 0. The number of nitrogens with zero attached hydrogens (tertiary/aromatic N) is 2. The predicted octanol–water partition coefficient (Wildman–Crippen LogP) is 3.67. The van der Waals surface area contributed by atoms with Crippen LogP contribution in [0.4, 0.5) is 4.39 Å². The molecule has 0 radical (unpaired) electrons. The van der Waals surface area contributed by atoms with Gasteiger partial charge in [-0.15, -0.1) is 0 Å². The van der Waals surface area contributed by atoms with E-state index in [1.165, 1.54) is 10.6 Å². The summed E-state index contributed by atoms with van der Waals surface area (Å²) in [6.07, 6.45) is 2.11. The number of hydrogen-bond acceptors (Lipinski definition) is 2. The third kappa shape index (κ3) is 2.44. The average Bonchev–Trinajstić information content (AvgIpc) is 3.14. The molecule has 26 heavy (non-hydrogen) atoms. The van der Waals surface area contributed by atoms with E-state index in [2.05, 4.69) is 23.9 Å². The second-order valence-electron chi connectivity index (χ2n) is 6.59. The first-order valence-corrected chi connectivity index (χ1v) is 8.91. The Morgan fingerprint density at radius 2 is 2.00 bits per heavy atom. The van der Waals surface area contributed by atoms with Crippen LogP contribution in [0.25, 0.3) is 16.6 Å². The Kier molecular flexibility index (Phi) is 3.90. The van der Waals surface area contributed by atoms with E-state index < -0.39 is 0 Å². The maximum Gasteiger partial charge on any atom is 0.272 e. The zero-order valence-corrected chi connectivity index (χ0v) is 15.1. The number of benzene rings is 1. The van der Waals surface area contributed by atoms with Crippen LogP contribution in [0.2, 0.25) is 0 Å². The Bertz CT molecular complexity index is 1180. The van der Waals surface area contributed by atoms with Crippen LogP contribution >= 0.6 is 0 Å². The van der Waals surface area contributed by atoms with E-state index in [1.54, 1.807) is 12.1 Å². The highest BCUT2D eigenvalue weighted by molar-refractivity contribution is 5.85. The van der Waals surface area contributed by atoms with Gasteiger partial charge in [0.1, 0.15) is 5.82 Å². The molecule has 6 heteroatoms. The lowest BCUT2D eigenvalue weighted by molar-refractivity contribution is 0.637. The molecule has 0 aliphatic rings. The van der Waals surface area contributed by atoms with Crippen molar-refractivity contribution >= 4 is 16.6 Å². The maximum atomic E-state index is 14.0. The molecule has 3 heterocycles. The molecule has 0 aliphatic heterocycles. The minimum atomic E-state index is -0.271. The standard InChI is InChI=1S/C20H21FN4O/c1-4-13-17(5-2)24-25-18(26)10-12(23-20(13)25)9-15-11(3)22-19-14(15)7-6-8-16(19)21/h6-8,10,22,24H,4-5,9H2,1-3H3. The van der Waals surface area contributed by atoms with Crippen molar-refractivity contribution in [1.29, 1.82) is 0 Å². The molecule has 3 aromatic heterocycles. The topological polar surface area (TPSA) is 65.9 Å². The molecule has 0 aliphatic carbocycles. The number of para-hydroxylation sites is 1. The molecule has 5 nitrogen and oxygen atoms in total. The van der Waals surface area contributed by atoms with E-state index in [0.29, 0.717) is 23.3 Å². The Morgan fingerprint density at radius 1 is 1.19 bits per heavy atom. The molecule has 0 saturated heterocycles. The van der Waals surface area contributed by atoms with Gasteiger partial charge in [0.2, 0.25) is 0 Å². The number of hydrogen-bond donors (Lipinski definition) is 2. The van der Waals surface area contributed by atoms with Gasteiger partial charge >= 0.3 is 0 Å². The van der Waals surface area contributed by atoms with E-state index in [0.717, 1.165) is 40.7 Å². The Labute approximate surface area is 149 Å². The largest absolute Gasteiger partial charge is 0.356 e. The molecule has 4 aromatic rings. The van der Waals surface area contributed by atoms with Gasteiger partial charge in [-0.25, -0.2) is 13.9 Å². The van der Waals surface area contributed by atoms with E-state index in [4.69, 9.17) is 4.98 Å². The van der Waals surface area contributed by atoms with Crippen molar-refractivity contribution in [3.8, 4) is 0 Å². The van der Waals surface area contributed by atoms with E-state index >= 15 is 0 Å². The van der Waals surface area contributed by atoms with Gasteiger partial charge in [-0.1, -0.05) is 26.0 Å². The molecule has 0 fully saturated rings. The fraction of sp³-hybridized carbons (Fsp3) is 0.300. The van der Waals surface area contributed by atoms with Crippen molar-refractivity contribution in [2.24, 2.45) is 0 Å². The predicted molar refractivity (Wildman–Crippen MR) is 100 cm³/mol. The molecular weight excluding hydrogens is 331 g/mol. The lowest BCUT2D eigenvalue weighted by atomic mass is 10.1. The van der Waals surface area contributed by atoms with Crippen LogP contribution in [0.15, 0.2) is 29.1 Å². The quantitative estimate of drug-likeness (QED) is 0.588. The molecule has 0 amide bonds. The summed E-state index contributed by atoms with van der Waals surface area (Å²) in [6, 6.07) is 6.60. The third-order valence-electron chi connectivity index (χ3n) is 5.02. The molecule has 0 atom stereocenters. The van der Waals surface area contributed by atoms with Crippen LogP contribution in [0, 0.1) is 12.7 Å². The lowest BCUT2D eigenvalue weighted by Crippen LogP contribution is -2.16. The number of halogens is 1. The van der Waals surface area contributed by atoms with E-state index in [1.807, 2.05) is 13.0 Å². The van der Waals surface area contributed by atoms with Crippen molar-refractivity contribution in [2.75, 3.05) is 0 Å².